The van der Waals surface area contributed by atoms with Crippen molar-refractivity contribution in [2.75, 3.05) is 13.1 Å². The zero-order chi connectivity index (χ0) is 11.6. The Hall–Kier alpha value is -1.39. The SMILES string of the molecule is CC(C=O)CN1C(=O)CN(C(C)C)C1=O. The molecule has 1 saturated heterocycles. The molecule has 5 nitrogen and oxygen atoms in total. The van der Waals surface area contributed by atoms with Gasteiger partial charge in [-0.2, -0.15) is 0 Å². The highest BCUT2D eigenvalue weighted by molar-refractivity contribution is 6.02. The van der Waals surface area contributed by atoms with Gasteiger partial charge in [-0.15, -0.1) is 0 Å². The fourth-order valence-corrected chi connectivity index (χ4v) is 1.47. The summed E-state index contributed by atoms with van der Waals surface area (Å²) in [5.74, 6) is -0.521. The summed E-state index contributed by atoms with van der Waals surface area (Å²) in [5.41, 5.74) is 0. The maximum Gasteiger partial charge on any atom is 0.327 e. The van der Waals surface area contributed by atoms with E-state index in [4.69, 9.17) is 0 Å². The normalized spacial score (nSPS) is 18.9. The maximum atomic E-state index is 11.7. The molecule has 1 unspecified atom stereocenters. The first-order chi connectivity index (χ1) is 6.97. The Morgan fingerprint density at radius 3 is 2.33 bits per heavy atom. The van der Waals surface area contributed by atoms with Crippen molar-refractivity contribution in [2.45, 2.75) is 26.8 Å². The van der Waals surface area contributed by atoms with Crippen LogP contribution < -0.4 is 0 Å². The van der Waals surface area contributed by atoms with Gasteiger partial charge in [-0.05, 0) is 13.8 Å². The molecule has 1 atom stereocenters. The first-order valence-electron chi connectivity index (χ1n) is 5.03. The van der Waals surface area contributed by atoms with E-state index in [0.717, 1.165) is 11.2 Å². The average molecular weight is 212 g/mol. The van der Waals surface area contributed by atoms with Gasteiger partial charge in [0.05, 0.1) is 0 Å². The molecule has 0 saturated carbocycles. The van der Waals surface area contributed by atoms with E-state index in [1.54, 1.807) is 6.92 Å². The van der Waals surface area contributed by atoms with E-state index in [2.05, 4.69) is 0 Å². The lowest BCUT2D eigenvalue weighted by atomic mass is 10.2. The summed E-state index contributed by atoms with van der Waals surface area (Å²) in [6.07, 6.45) is 0.749. The summed E-state index contributed by atoms with van der Waals surface area (Å²) in [7, 11) is 0. The molecule has 84 valence electrons. The van der Waals surface area contributed by atoms with Crippen molar-refractivity contribution in [3.8, 4) is 0 Å². The molecule has 15 heavy (non-hydrogen) atoms. The van der Waals surface area contributed by atoms with E-state index in [9.17, 15) is 14.4 Å². The average Bonchev–Trinajstić information content (AvgIpc) is 2.45. The molecule has 0 N–H and O–H groups in total. The molecule has 1 fully saturated rings. The summed E-state index contributed by atoms with van der Waals surface area (Å²) < 4.78 is 0. The highest BCUT2D eigenvalue weighted by Crippen LogP contribution is 2.14. The van der Waals surface area contributed by atoms with Gasteiger partial charge < -0.3 is 9.69 Å². The molecular formula is C10H16N2O3. The van der Waals surface area contributed by atoms with E-state index in [0.29, 0.717) is 0 Å². The Morgan fingerprint density at radius 1 is 1.33 bits per heavy atom. The highest BCUT2D eigenvalue weighted by Gasteiger charge is 2.37. The Labute approximate surface area is 89.0 Å². The fourth-order valence-electron chi connectivity index (χ4n) is 1.47. The Bertz CT molecular complexity index is 288. The molecule has 1 aliphatic heterocycles. The largest absolute Gasteiger partial charge is 0.327 e. The minimum atomic E-state index is -0.301. The number of rotatable bonds is 4. The number of amides is 3. The van der Waals surface area contributed by atoms with E-state index < -0.39 is 0 Å². The second-order valence-corrected chi connectivity index (χ2v) is 4.12. The summed E-state index contributed by atoms with van der Waals surface area (Å²) in [5, 5.41) is 0. The van der Waals surface area contributed by atoms with Crippen LogP contribution in [0.15, 0.2) is 0 Å². The predicted molar refractivity (Wildman–Crippen MR) is 54.2 cm³/mol. The smallest absolute Gasteiger partial charge is 0.313 e. The third-order valence-electron chi connectivity index (χ3n) is 2.41. The van der Waals surface area contributed by atoms with Crippen molar-refractivity contribution in [1.82, 2.24) is 9.80 Å². The number of imide groups is 1. The van der Waals surface area contributed by atoms with Gasteiger partial charge in [0.25, 0.3) is 0 Å². The van der Waals surface area contributed by atoms with E-state index >= 15 is 0 Å². The number of carbonyl (C=O) groups is 3. The summed E-state index contributed by atoms with van der Waals surface area (Å²) in [6, 6.07) is -0.276. The summed E-state index contributed by atoms with van der Waals surface area (Å²) in [6.45, 7) is 5.72. The van der Waals surface area contributed by atoms with Crippen LogP contribution in [-0.4, -0.2) is 47.2 Å². The van der Waals surface area contributed by atoms with Crippen molar-refractivity contribution >= 4 is 18.2 Å². The standard InChI is InChI=1S/C10H16N2O3/c1-7(2)11-5-9(14)12(10(11)15)4-8(3)6-13/h6-8H,4-5H2,1-3H3. The zero-order valence-electron chi connectivity index (χ0n) is 9.27. The molecule has 0 aromatic heterocycles. The van der Waals surface area contributed by atoms with Crippen molar-refractivity contribution in [3.05, 3.63) is 0 Å². The van der Waals surface area contributed by atoms with Gasteiger partial charge in [0.2, 0.25) is 5.91 Å². The molecular weight excluding hydrogens is 196 g/mol. The topological polar surface area (TPSA) is 57.7 Å². The van der Waals surface area contributed by atoms with Crippen LogP contribution in [0.2, 0.25) is 0 Å². The molecule has 1 rings (SSSR count). The third-order valence-corrected chi connectivity index (χ3v) is 2.41. The number of aldehydes is 1. The lowest BCUT2D eigenvalue weighted by molar-refractivity contribution is -0.126. The quantitative estimate of drug-likeness (QED) is 0.503. The zero-order valence-corrected chi connectivity index (χ0v) is 9.27. The molecule has 3 amide bonds. The van der Waals surface area contributed by atoms with Gasteiger partial charge in [0.1, 0.15) is 12.8 Å². The van der Waals surface area contributed by atoms with E-state index in [1.807, 2.05) is 13.8 Å². The second-order valence-electron chi connectivity index (χ2n) is 4.12. The van der Waals surface area contributed by atoms with E-state index in [-0.39, 0.29) is 37.0 Å². The van der Waals surface area contributed by atoms with Crippen LogP contribution in [-0.2, 0) is 9.59 Å². The van der Waals surface area contributed by atoms with Crippen molar-refractivity contribution in [1.29, 1.82) is 0 Å². The van der Waals surface area contributed by atoms with Crippen molar-refractivity contribution < 1.29 is 14.4 Å². The maximum absolute atomic E-state index is 11.7. The van der Waals surface area contributed by atoms with Crippen LogP contribution >= 0.6 is 0 Å². The minimum Gasteiger partial charge on any atom is -0.313 e. The first kappa shape index (κ1) is 11.7. The Balaban J connectivity index is 2.71. The molecule has 0 radical (unpaired) electrons. The number of carbonyl (C=O) groups excluding carboxylic acids is 3. The summed E-state index contributed by atoms with van der Waals surface area (Å²) >= 11 is 0. The second kappa shape index (κ2) is 4.42. The van der Waals surface area contributed by atoms with Gasteiger partial charge in [-0.25, -0.2) is 4.79 Å². The van der Waals surface area contributed by atoms with Crippen LogP contribution in [0.4, 0.5) is 4.79 Å². The molecule has 5 heteroatoms. The van der Waals surface area contributed by atoms with Crippen LogP contribution in [0.25, 0.3) is 0 Å². The third kappa shape index (κ3) is 2.34. The number of hydrogen-bond acceptors (Lipinski definition) is 3. The number of nitrogens with zero attached hydrogens (tertiary/aromatic N) is 2. The minimum absolute atomic E-state index is 0.0120. The van der Waals surface area contributed by atoms with Crippen LogP contribution in [0, 0.1) is 5.92 Å². The molecule has 0 bridgehead atoms. The molecule has 0 aromatic rings. The van der Waals surface area contributed by atoms with Crippen LogP contribution in [0.1, 0.15) is 20.8 Å². The van der Waals surface area contributed by atoms with Gasteiger partial charge in [-0.3, -0.25) is 9.69 Å². The lowest BCUT2D eigenvalue weighted by Crippen LogP contribution is -2.38. The van der Waals surface area contributed by atoms with Crippen LogP contribution in [0.3, 0.4) is 0 Å². The lowest BCUT2D eigenvalue weighted by Gasteiger charge is -2.20. The van der Waals surface area contributed by atoms with Crippen molar-refractivity contribution in [3.63, 3.8) is 0 Å². The summed E-state index contributed by atoms with van der Waals surface area (Å²) in [4.78, 5) is 36.3. The first-order valence-corrected chi connectivity index (χ1v) is 5.03. The predicted octanol–water partition coefficient (Wildman–Crippen LogP) is 0.494. The van der Waals surface area contributed by atoms with Gasteiger partial charge >= 0.3 is 6.03 Å². The van der Waals surface area contributed by atoms with Crippen LogP contribution in [0.5, 0.6) is 0 Å². The Kier molecular flexibility index (Phi) is 3.44. The molecule has 0 spiro atoms. The van der Waals surface area contributed by atoms with Gasteiger partial charge in [0, 0.05) is 18.5 Å². The highest BCUT2D eigenvalue weighted by atomic mass is 16.2. The Morgan fingerprint density at radius 2 is 1.93 bits per heavy atom. The monoisotopic (exact) mass is 212 g/mol. The fraction of sp³-hybridized carbons (Fsp3) is 0.700. The molecule has 1 heterocycles. The number of hydrogen-bond donors (Lipinski definition) is 0. The molecule has 1 aliphatic rings. The van der Waals surface area contributed by atoms with E-state index in [1.165, 1.54) is 4.90 Å². The molecule has 0 aromatic carbocycles. The molecule has 0 aliphatic carbocycles. The van der Waals surface area contributed by atoms with Gasteiger partial charge in [0.15, 0.2) is 0 Å². The van der Waals surface area contributed by atoms with Crippen molar-refractivity contribution in [2.24, 2.45) is 5.92 Å². The van der Waals surface area contributed by atoms with Gasteiger partial charge in [-0.1, -0.05) is 6.92 Å². The number of urea groups is 1.